The van der Waals surface area contributed by atoms with Gasteiger partial charge in [-0.25, -0.2) is 14.4 Å². The zero-order chi connectivity index (χ0) is 17.7. The van der Waals surface area contributed by atoms with Gasteiger partial charge in [-0.3, -0.25) is 9.88 Å². The van der Waals surface area contributed by atoms with Crippen molar-refractivity contribution in [3.05, 3.63) is 71.4 Å². The average Bonchev–Trinajstić information content (AvgIpc) is 3.28. The molecule has 0 amide bonds. The first-order valence-corrected chi connectivity index (χ1v) is 8.99. The van der Waals surface area contributed by atoms with Crippen LogP contribution in [0.1, 0.15) is 11.7 Å². The summed E-state index contributed by atoms with van der Waals surface area (Å²) in [6, 6.07) is 16.7. The van der Waals surface area contributed by atoms with Gasteiger partial charge in [-0.2, -0.15) is 0 Å². The van der Waals surface area contributed by atoms with Gasteiger partial charge in [-0.05, 0) is 41.3 Å². The minimum Gasteiger partial charge on any atom is -0.370 e. The van der Waals surface area contributed by atoms with E-state index in [1.807, 2.05) is 52.4 Å². The minimum absolute atomic E-state index is 0.252. The molecule has 1 aliphatic rings. The van der Waals surface area contributed by atoms with Gasteiger partial charge in [0.1, 0.15) is 5.82 Å². The molecule has 0 aliphatic carbocycles. The van der Waals surface area contributed by atoms with Crippen molar-refractivity contribution in [2.45, 2.75) is 6.17 Å². The van der Waals surface area contributed by atoms with Gasteiger partial charge in [-0.1, -0.05) is 24.3 Å². The molecule has 1 aliphatic heterocycles. The Labute approximate surface area is 152 Å². The van der Waals surface area contributed by atoms with E-state index in [0.717, 1.165) is 21.5 Å². The molecule has 5 nitrogen and oxygen atoms in total. The fraction of sp³-hybridized carbons (Fsp3) is 0.0526. The molecular weight excluding hydrogens is 349 g/mol. The van der Waals surface area contributed by atoms with Crippen molar-refractivity contribution in [3.63, 3.8) is 0 Å². The summed E-state index contributed by atoms with van der Waals surface area (Å²) < 4.78 is 16.4. The summed E-state index contributed by atoms with van der Waals surface area (Å²) >= 11 is 1.50. The second-order valence-corrected chi connectivity index (χ2v) is 6.97. The predicted molar refractivity (Wildman–Crippen MR) is 103 cm³/mol. The number of thiophene rings is 1. The van der Waals surface area contributed by atoms with Crippen LogP contribution in [-0.2, 0) is 0 Å². The maximum absolute atomic E-state index is 14.4. The van der Waals surface area contributed by atoms with Crippen LogP contribution in [0.25, 0.3) is 21.5 Å². The van der Waals surface area contributed by atoms with Crippen molar-refractivity contribution in [3.8, 4) is 10.4 Å². The maximum Gasteiger partial charge on any atom is 0.212 e. The van der Waals surface area contributed by atoms with Gasteiger partial charge in [-0.15, -0.1) is 11.3 Å². The molecular formula is C19H14FN5S. The number of hydrogen-bond acceptors (Lipinski definition) is 5. The van der Waals surface area contributed by atoms with Crippen molar-refractivity contribution >= 4 is 34.3 Å². The van der Waals surface area contributed by atoms with E-state index in [1.54, 1.807) is 6.07 Å². The highest BCUT2D eigenvalue weighted by atomic mass is 32.1. The van der Waals surface area contributed by atoms with Crippen LogP contribution >= 0.6 is 11.3 Å². The fourth-order valence-electron chi connectivity index (χ4n) is 3.26. The molecule has 3 heterocycles. The molecule has 2 aromatic carbocycles. The second-order valence-electron chi connectivity index (χ2n) is 6.02. The molecule has 2 aromatic heterocycles. The largest absolute Gasteiger partial charge is 0.370 e. The number of anilines is 1. The molecule has 5 rings (SSSR count). The first-order chi connectivity index (χ1) is 12.7. The number of nitrogens with two attached hydrogens (primary N) is 1. The van der Waals surface area contributed by atoms with Crippen LogP contribution in [0.2, 0.25) is 0 Å². The number of aromatic nitrogens is 2. The van der Waals surface area contributed by atoms with E-state index in [1.165, 1.54) is 17.4 Å². The lowest BCUT2D eigenvalue weighted by Gasteiger charge is -2.24. The molecule has 26 heavy (non-hydrogen) atoms. The van der Waals surface area contributed by atoms with Crippen molar-refractivity contribution in [2.24, 2.45) is 10.7 Å². The average molecular weight is 363 g/mol. The summed E-state index contributed by atoms with van der Waals surface area (Å²) in [6.07, 6.45) is -0.405. The van der Waals surface area contributed by atoms with Crippen molar-refractivity contribution < 1.29 is 4.39 Å². The van der Waals surface area contributed by atoms with Crippen molar-refractivity contribution in [1.82, 2.24) is 9.55 Å². The lowest BCUT2D eigenvalue weighted by molar-refractivity contribution is 0.612. The van der Waals surface area contributed by atoms with E-state index in [2.05, 4.69) is 15.3 Å². The summed E-state index contributed by atoms with van der Waals surface area (Å²) in [5.41, 5.74) is 9.19. The third kappa shape index (κ3) is 2.28. The number of hydrogen-bond donors (Lipinski definition) is 2. The number of halogens is 1. The number of benzene rings is 2. The zero-order valence-electron chi connectivity index (χ0n) is 13.6. The third-order valence-corrected chi connectivity index (χ3v) is 5.32. The van der Waals surface area contributed by atoms with E-state index in [0.29, 0.717) is 17.5 Å². The minimum atomic E-state index is -0.405. The summed E-state index contributed by atoms with van der Waals surface area (Å²) in [4.78, 5) is 10.0. The molecule has 128 valence electrons. The molecule has 0 fully saturated rings. The normalized spacial score (nSPS) is 16.2. The Balaban J connectivity index is 1.71. The van der Waals surface area contributed by atoms with E-state index in [4.69, 9.17) is 5.73 Å². The molecule has 0 radical (unpaired) electrons. The molecule has 0 bridgehead atoms. The van der Waals surface area contributed by atoms with Gasteiger partial charge in [0.15, 0.2) is 12.1 Å². The van der Waals surface area contributed by atoms with Gasteiger partial charge in [0.05, 0.1) is 11.0 Å². The highest BCUT2D eigenvalue weighted by molar-refractivity contribution is 7.13. The molecule has 1 atom stereocenters. The van der Waals surface area contributed by atoms with Gasteiger partial charge >= 0.3 is 0 Å². The van der Waals surface area contributed by atoms with Gasteiger partial charge in [0, 0.05) is 10.4 Å². The number of imidazole rings is 1. The van der Waals surface area contributed by atoms with E-state index in [9.17, 15) is 4.39 Å². The molecule has 0 saturated carbocycles. The smallest absolute Gasteiger partial charge is 0.212 e. The van der Waals surface area contributed by atoms with Gasteiger partial charge < -0.3 is 5.73 Å². The SMILES string of the molecule is NC1=NC(c2ccc(F)c(-c3cccs3)c2)n2c(nc3ccccc32)N1. The number of para-hydroxylation sites is 2. The van der Waals surface area contributed by atoms with Crippen LogP contribution in [0.3, 0.4) is 0 Å². The van der Waals surface area contributed by atoms with Crippen molar-refractivity contribution in [1.29, 1.82) is 0 Å². The zero-order valence-corrected chi connectivity index (χ0v) is 14.4. The number of guanidine groups is 1. The topological polar surface area (TPSA) is 68.2 Å². The van der Waals surface area contributed by atoms with Crippen LogP contribution < -0.4 is 11.1 Å². The molecule has 3 N–H and O–H groups in total. The Morgan fingerprint density at radius 2 is 2.00 bits per heavy atom. The van der Waals surface area contributed by atoms with Gasteiger partial charge in [0.25, 0.3) is 0 Å². The summed E-state index contributed by atoms with van der Waals surface area (Å²) in [6.45, 7) is 0. The predicted octanol–water partition coefficient (Wildman–Crippen LogP) is 4.19. The van der Waals surface area contributed by atoms with Crippen molar-refractivity contribution in [2.75, 3.05) is 5.32 Å². The Kier molecular flexibility index (Phi) is 3.29. The Morgan fingerprint density at radius 3 is 2.85 bits per heavy atom. The lowest BCUT2D eigenvalue weighted by Crippen LogP contribution is -2.31. The van der Waals surface area contributed by atoms with E-state index < -0.39 is 6.17 Å². The Morgan fingerprint density at radius 1 is 1.12 bits per heavy atom. The molecule has 1 unspecified atom stereocenters. The Bertz CT molecular complexity index is 1150. The summed E-state index contributed by atoms with van der Waals surface area (Å²) in [5, 5.41) is 4.94. The molecule has 7 heteroatoms. The standard InChI is InChI=1S/C19H14FN5S/c20-13-8-7-11(10-12(13)16-6-3-9-26-16)17-23-18(21)24-19-22-14-4-1-2-5-15(14)25(17)19/h1-10,17H,(H3,21,22,23,24). The van der Waals surface area contributed by atoms with Crippen LogP contribution in [0.5, 0.6) is 0 Å². The highest BCUT2D eigenvalue weighted by Crippen LogP contribution is 2.35. The van der Waals surface area contributed by atoms with Crippen LogP contribution in [-0.4, -0.2) is 15.5 Å². The fourth-order valence-corrected chi connectivity index (χ4v) is 4.01. The molecule has 0 saturated heterocycles. The Hall–Kier alpha value is -3.19. The van der Waals surface area contributed by atoms with Crippen LogP contribution in [0.15, 0.2) is 65.0 Å². The van der Waals surface area contributed by atoms with E-state index >= 15 is 0 Å². The van der Waals surface area contributed by atoms with E-state index in [-0.39, 0.29) is 5.82 Å². The first kappa shape index (κ1) is 15.1. The maximum atomic E-state index is 14.4. The van der Waals surface area contributed by atoms with Gasteiger partial charge in [0.2, 0.25) is 5.95 Å². The third-order valence-electron chi connectivity index (χ3n) is 4.42. The quantitative estimate of drug-likeness (QED) is 0.561. The highest BCUT2D eigenvalue weighted by Gasteiger charge is 2.25. The number of rotatable bonds is 2. The number of aliphatic imine (C=N–C) groups is 1. The number of nitrogens with zero attached hydrogens (tertiary/aromatic N) is 3. The summed E-state index contributed by atoms with van der Waals surface area (Å²) in [5.74, 6) is 0.670. The van der Waals surface area contributed by atoms with Crippen LogP contribution in [0.4, 0.5) is 10.3 Å². The molecule has 0 spiro atoms. The second kappa shape index (κ2) is 5.67. The lowest BCUT2D eigenvalue weighted by atomic mass is 10.1. The summed E-state index contributed by atoms with van der Waals surface area (Å²) in [7, 11) is 0. The number of nitrogens with one attached hydrogen (secondary N) is 1. The number of fused-ring (bicyclic) bond motifs is 3. The molecule has 4 aromatic rings. The first-order valence-electron chi connectivity index (χ1n) is 8.11. The monoisotopic (exact) mass is 363 g/mol. The van der Waals surface area contributed by atoms with Crippen LogP contribution in [0, 0.1) is 5.82 Å².